The minimum absolute atomic E-state index is 0.0155. The molecule has 2 rings (SSSR count). The Morgan fingerprint density at radius 2 is 2.00 bits per heavy atom. The van der Waals surface area contributed by atoms with E-state index in [1.54, 1.807) is 13.8 Å². The van der Waals surface area contributed by atoms with Crippen LogP contribution in [0, 0.1) is 19.7 Å². The van der Waals surface area contributed by atoms with Gasteiger partial charge in [0.25, 0.3) is 10.0 Å². The third kappa shape index (κ3) is 2.68. The van der Waals surface area contributed by atoms with Gasteiger partial charge in [-0.05, 0) is 32.0 Å². The second-order valence-corrected chi connectivity index (χ2v) is 5.96. The largest absolute Gasteiger partial charge is 0.465 e. The van der Waals surface area contributed by atoms with Gasteiger partial charge in [-0.15, -0.1) is 0 Å². The maximum atomic E-state index is 13.1. The van der Waals surface area contributed by atoms with E-state index in [2.05, 4.69) is 4.72 Å². The van der Waals surface area contributed by atoms with Gasteiger partial charge in [0, 0.05) is 12.1 Å². The van der Waals surface area contributed by atoms with Crippen molar-refractivity contribution in [1.29, 1.82) is 0 Å². The first-order valence-corrected chi connectivity index (χ1v) is 7.41. The zero-order valence-electron chi connectivity index (χ0n) is 11.1. The number of anilines is 1. The Morgan fingerprint density at radius 1 is 1.30 bits per heavy atom. The number of nitrogens with one attached hydrogen (secondary N) is 1. The summed E-state index contributed by atoms with van der Waals surface area (Å²) in [5, 5.41) is 0. The summed E-state index contributed by atoms with van der Waals surface area (Å²) < 4.78 is 45.5. The lowest BCUT2D eigenvalue weighted by Gasteiger charge is -2.09. The fourth-order valence-electron chi connectivity index (χ4n) is 2.06. The van der Waals surface area contributed by atoms with Crippen molar-refractivity contribution in [2.24, 2.45) is 5.73 Å². The Labute approximate surface area is 116 Å². The second-order valence-electron chi connectivity index (χ2n) is 4.34. The fraction of sp³-hybridized carbons (Fsp3) is 0.231. The quantitative estimate of drug-likeness (QED) is 0.907. The molecule has 2 aromatic rings. The van der Waals surface area contributed by atoms with E-state index in [1.807, 2.05) is 0 Å². The smallest absolute Gasteiger partial charge is 0.265 e. The van der Waals surface area contributed by atoms with Crippen molar-refractivity contribution in [3.8, 4) is 0 Å². The first-order valence-electron chi connectivity index (χ1n) is 5.92. The van der Waals surface area contributed by atoms with E-state index in [9.17, 15) is 12.8 Å². The van der Waals surface area contributed by atoms with Crippen LogP contribution in [0.4, 0.5) is 10.1 Å². The van der Waals surface area contributed by atoms with Crippen LogP contribution in [0.15, 0.2) is 33.6 Å². The van der Waals surface area contributed by atoms with Crippen LogP contribution < -0.4 is 10.5 Å². The SMILES string of the molecule is Cc1oc(C)c(S(=O)(=O)Nc2cccc(F)c2)c1CN. The summed E-state index contributed by atoms with van der Waals surface area (Å²) in [7, 11) is -3.87. The highest BCUT2D eigenvalue weighted by atomic mass is 32.2. The van der Waals surface area contributed by atoms with E-state index in [0.717, 1.165) is 6.07 Å². The van der Waals surface area contributed by atoms with Crippen LogP contribution in [-0.2, 0) is 16.6 Å². The van der Waals surface area contributed by atoms with Gasteiger partial charge in [-0.25, -0.2) is 12.8 Å². The molecule has 0 saturated carbocycles. The second kappa shape index (κ2) is 5.26. The summed E-state index contributed by atoms with van der Waals surface area (Å²) in [4.78, 5) is 0.0155. The van der Waals surface area contributed by atoms with E-state index in [1.165, 1.54) is 18.2 Å². The molecule has 0 atom stereocenters. The maximum absolute atomic E-state index is 13.1. The first kappa shape index (κ1) is 14.5. The van der Waals surface area contributed by atoms with Crippen molar-refractivity contribution < 1.29 is 17.2 Å². The highest BCUT2D eigenvalue weighted by Gasteiger charge is 2.26. The van der Waals surface area contributed by atoms with Gasteiger partial charge in [-0.1, -0.05) is 6.07 Å². The number of nitrogens with two attached hydrogens (primary N) is 1. The summed E-state index contributed by atoms with van der Waals surface area (Å²) >= 11 is 0. The maximum Gasteiger partial charge on any atom is 0.265 e. The number of hydrogen-bond donors (Lipinski definition) is 2. The van der Waals surface area contributed by atoms with Gasteiger partial charge in [0.1, 0.15) is 22.2 Å². The summed E-state index contributed by atoms with van der Waals surface area (Å²) in [6.45, 7) is 3.24. The van der Waals surface area contributed by atoms with E-state index in [0.29, 0.717) is 11.3 Å². The Morgan fingerprint density at radius 3 is 2.60 bits per heavy atom. The molecule has 1 aromatic heterocycles. The van der Waals surface area contributed by atoms with Crippen molar-refractivity contribution in [1.82, 2.24) is 0 Å². The first-order chi connectivity index (χ1) is 9.35. The molecule has 108 valence electrons. The van der Waals surface area contributed by atoms with E-state index in [4.69, 9.17) is 10.2 Å². The van der Waals surface area contributed by atoms with Gasteiger partial charge in [0.15, 0.2) is 0 Å². The number of halogens is 1. The average molecular weight is 298 g/mol. The molecule has 0 spiro atoms. The van der Waals surface area contributed by atoms with Crippen LogP contribution in [0.5, 0.6) is 0 Å². The molecule has 3 N–H and O–H groups in total. The van der Waals surface area contributed by atoms with Gasteiger partial charge in [-0.2, -0.15) is 0 Å². The van der Waals surface area contributed by atoms with Gasteiger partial charge >= 0.3 is 0 Å². The molecule has 0 fully saturated rings. The molecule has 7 heteroatoms. The van der Waals surface area contributed by atoms with E-state index in [-0.39, 0.29) is 22.9 Å². The third-order valence-corrected chi connectivity index (χ3v) is 4.45. The lowest BCUT2D eigenvalue weighted by molar-refractivity contribution is 0.494. The Balaban J connectivity index is 2.46. The third-order valence-electron chi connectivity index (χ3n) is 2.87. The number of furan rings is 1. The zero-order valence-corrected chi connectivity index (χ0v) is 11.9. The molecule has 0 aliphatic carbocycles. The molecule has 1 heterocycles. The Bertz CT molecular complexity index is 738. The minimum Gasteiger partial charge on any atom is -0.465 e. The zero-order chi connectivity index (χ0) is 14.9. The molecule has 0 unspecified atom stereocenters. The van der Waals surface area contributed by atoms with Gasteiger partial charge in [0.05, 0.1) is 5.69 Å². The van der Waals surface area contributed by atoms with Crippen LogP contribution in [0.3, 0.4) is 0 Å². The molecule has 0 aliphatic heterocycles. The summed E-state index contributed by atoms with van der Waals surface area (Å²) in [6.07, 6.45) is 0. The lowest BCUT2D eigenvalue weighted by Crippen LogP contribution is -2.16. The number of rotatable bonds is 4. The van der Waals surface area contributed by atoms with Crippen LogP contribution >= 0.6 is 0 Å². The number of sulfonamides is 1. The molecular weight excluding hydrogens is 283 g/mol. The van der Waals surface area contributed by atoms with Gasteiger partial charge in [-0.3, -0.25) is 4.72 Å². The van der Waals surface area contributed by atoms with Crippen LogP contribution in [0.1, 0.15) is 17.1 Å². The number of aryl methyl sites for hydroxylation is 2. The predicted octanol–water partition coefficient (Wildman–Crippen LogP) is 2.30. The standard InChI is InChI=1S/C13H15FN2O3S/c1-8-12(7-15)13(9(2)19-8)20(17,18)16-11-5-3-4-10(14)6-11/h3-6,16H,7,15H2,1-2H3. The minimum atomic E-state index is -3.87. The van der Waals surface area contributed by atoms with Crippen molar-refractivity contribution >= 4 is 15.7 Å². The van der Waals surface area contributed by atoms with Crippen LogP contribution in [0.2, 0.25) is 0 Å². The highest BCUT2D eigenvalue weighted by molar-refractivity contribution is 7.92. The molecule has 0 saturated heterocycles. The summed E-state index contributed by atoms with van der Waals surface area (Å²) in [6, 6.07) is 5.22. The molecule has 20 heavy (non-hydrogen) atoms. The average Bonchev–Trinajstić information content (AvgIpc) is 2.63. The molecular formula is C13H15FN2O3S. The van der Waals surface area contributed by atoms with Crippen molar-refractivity contribution in [3.05, 3.63) is 47.2 Å². The fourth-order valence-corrected chi connectivity index (χ4v) is 3.57. The molecule has 5 nitrogen and oxygen atoms in total. The molecule has 0 amide bonds. The van der Waals surface area contributed by atoms with Crippen molar-refractivity contribution in [2.75, 3.05) is 4.72 Å². The van der Waals surface area contributed by atoms with Crippen LogP contribution in [-0.4, -0.2) is 8.42 Å². The van der Waals surface area contributed by atoms with Gasteiger partial charge in [0.2, 0.25) is 0 Å². The lowest BCUT2D eigenvalue weighted by atomic mass is 10.2. The molecule has 1 aromatic carbocycles. The topological polar surface area (TPSA) is 85.3 Å². The Hall–Kier alpha value is -1.86. The highest BCUT2D eigenvalue weighted by Crippen LogP contribution is 2.28. The molecule has 0 bridgehead atoms. The summed E-state index contributed by atoms with van der Waals surface area (Å²) in [5.74, 6) is 0.195. The van der Waals surface area contributed by atoms with E-state index < -0.39 is 15.8 Å². The monoisotopic (exact) mass is 298 g/mol. The van der Waals surface area contributed by atoms with Crippen molar-refractivity contribution in [2.45, 2.75) is 25.3 Å². The normalized spacial score (nSPS) is 11.6. The predicted molar refractivity (Wildman–Crippen MR) is 73.3 cm³/mol. The van der Waals surface area contributed by atoms with E-state index >= 15 is 0 Å². The van der Waals surface area contributed by atoms with Crippen molar-refractivity contribution in [3.63, 3.8) is 0 Å². The number of hydrogen-bond acceptors (Lipinski definition) is 4. The molecule has 0 aliphatic rings. The summed E-state index contributed by atoms with van der Waals surface area (Å²) in [5.41, 5.74) is 6.13. The van der Waals surface area contributed by atoms with Crippen LogP contribution in [0.25, 0.3) is 0 Å². The Kier molecular flexibility index (Phi) is 3.82. The molecule has 0 radical (unpaired) electrons. The number of benzene rings is 1. The van der Waals surface area contributed by atoms with Gasteiger partial charge < -0.3 is 10.2 Å².